The molecule has 136 valence electrons. The van der Waals surface area contributed by atoms with Crippen molar-refractivity contribution in [1.82, 2.24) is 4.98 Å². The zero-order valence-corrected chi connectivity index (χ0v) is 16.1. The van der Waals surface area contributed by atoms with Gasteiger partial charge in [-0.3, -0.25) is 0 Å². The molecular formula is C21H19N3O2S. The largest absolute Gasteiger partial charge is 0.493 e. The molecule has 0 saturated heterocycles. The summed E-state index contributed by atoms with van der Waals surface area (Å²) in [6.07, 6.45) is 1.69. The molecular weight excluding hydrogens is 358 g/mol. The molecule has 0 fully saturated rings. The molecule has 1 aromatic heterocycles. The molecule has 1 heterocycles. The van der Waals surface area contributed by atoms with E-state index in [1.165, 1.54) is 11.3 Å². The summed E-state index contributed by atoms with van der Waals surface area (Å²) >= 11 is 1.42. The second kappa shape index (κ2) is 8.39. The van der Waals surface area contributed by atoms with Crippen molar-refractivity contribution >= 4 is 22.6 Å². The van der Waals surface area contributed by atoms with Gasteiger partial charge in [0.05, 0.1) is 19.9 Å². The molecule has 0 bridgehead atoms. The summed E-state index contributed by atoms with van der Waals surface area (Å²) in [5.74, 6) is 1.30. The number of allylic oxidation sites excluding steroid dienone is 1. The third-order valence-corrected chi connectivity index (χ3v) is 4.81. The highest BCUT2D eigenvalue weighted by Crippen LogP contribution is 2.33. The number of aromatic nitrogens is 1. The number of hydrogen-bond donors (Lipinski definition) is 1. The van der Waals surface area contributed by atoms with E-state index in [9.17, 15) is 5.26 Å². The fraction of sp³-hybridized carbons (Fsp3) is 0.143. The summed E-state index contributed by atoms with van der Waals surface area (Å²) in [4.78, 5) is 4.60. The molecule has 0 atom stereocenters. The van der Waals surface area contributed by atoms with Crippen molar-refractivity contribution in [2.75, 3.05) is 19.5 Å². The Morgan fingerprint density at radius 2 is 1.96 bits per heavy atom. The molecule has 6 heteroatoms. The van der Waals surface area contributed by atoms with Gasteiger partial charge in [-0.1, -0.05) is 12.1 Å². The number of nitriles is 1. The summed E-state index contributed by atoms with van der Waals surface area (Å²) < 4.78 is 10.6. The Morgan fingerprint density at radius 3 is 2.67 bits per heavy atom. The Kier molecular flexibility index (Phi) is 5.74. The Morgan fingerprint density at radius 1 is 1.15 bits per heavy atom. The minimum Gasteiger partial charge on any atom is -0.493 e. The highest BCUT2D eigenvalue weighted by atomic mass is 32.1. The average molecular weight is 377 g/mol. The molecule has 0 aliphatic carbocycles. The lowest BCUT2D eigenvalue weighted by Gasteiger charge is -2.08. The van der Waals surface area contributed by atoms with Crippen LogP contribution in [0.2, 0.25) is 0 Å². The predicted molar refractivity (Wildman–Crippen MR) is 109 cm³/mol. The number of aryl methyl sites for hydroxylation is 1. The van der Waals surface area contributed by atoms with Crippen LogP contribution in [0.4, 0.5) is 5.69 Å². The molecule has 0 unspecified atom stereocenters. The first-order chi connectivity index (χ1) is 13.1. The van der Waals surface area contributed by atoms with Gasteiger partial charge in [-0.15, -0.1) is 11.3 Å². The van der Waals surface area contributed by atoms with Crippen LogP contribution in [0.3, 0.4) is 0 Å². The van der Waals surface area contributed by atoms with Crippen LogP contribution in [-0.4, -0.2) is 19.2 Å². The van der Waals surface area contributed by atoms with Gasteiger partial charge in [-0.25, -0.2) is 4.98 Å². The maximum absolute atomic E-state index is 9.51. The lowest BCUT2D eigenvalue weighted by molar-refractivity contribution is 0.355. The van der Waals surface area contributed by atoms with E-state index in [2.05, 4.69) is 16.4 Å². The lowest BCUT2D eigenvalue weighted by atomic mass is 10.1. The van der Waals surface area contributed by atoms with Crippen molar-refractivity contribution in [2.45, 2.75) is 6.92 Å². The molecule has 0 aliphatic rings. The number of nitrogens with one attached hydrogen (secondary N) is 1. The monoisotopic (exact) mass is 377 g/mol. The first kappa shape index (κ1) is 18.5. The first-order valence-electron chi connectivity index (χ1n) is 8.26. The molecule has 5 nitrogen and oxygen atoms in total. The maximum Gasteiger partial charge on any atom is 0.161 e. The Bertz CT molecular complexity index is 1020. The third-order valence-electron chi connectivity index (χ3n) is 3.94. The van der Waals surface area contributed by atoms with Crippen molar-refractivity contribution in [3.63, 3.8) is 0 Å². The quantitative estimate of drug-likeness (QED) is 0.605. The second-order valence-electron chi connectivity index (χ2n) is 5.79. The number of hydrogen-bond acceptors (Lipinski definition) is 6. The van der Waals surface area contributed by atoms with Gasteiger partial charge in [-0.2, -0.15) is 5.26 Å². The van der Waals surface area contributed by atoms with Crippen molar-refractivity contribution in [3.05, 3.63) is 64.6 Å². The topological polar surface area (TPSA) is 67.2 Å². The van der Waals surface area contributed by atoms with Crippen molar-refractivity contribution in [3.8, 4) is 28.8 Å². The summed E-state index contributed by atoms with van der Waals surface area (Å²) in [6.45, 7) is 2.02. The zero-order chi connectivity index (χ0) is 19.2. The van der Waals surface area contributed by atoms with Crippen LogP contribution in [0.25, 0.3) is 16.8 Å². The zero-order valence-electron chi connectivity index (χ0n) is 15.3. The minimum atomic E-state index is 0.480. The van der Waals surface area contributed by atoms with Gasteiger partial charge in [0.15, 0.2) is 11.5 Å². The molecule has 27 heavy (non-hydrogen) atoms. The number of methoxy groups -OCH3 is 2. The minimum absolute atomic E-state index is 0.480. The molecule has 3 rings (SSSR count). The Hall–Kier alpha value is -3.30. The van der Waals surface area contributed by atoms with Gasteiger partial charge in [0.25, 0.3) is 0 Å². The van der Waals surface area contributed by atoms with E-state index in [0.717, 1.165) is 22.5 Å². The fourth-order valence-corrected chi connectivity index (χ4v) is 3.35. The van der Waals surface area contributed by atoms with E-state index >= 15 is 0 Å². The van der Waals surface area contributed by atoms with Crippen LogP contribution in [0.15, 0.2) is 54.0 Å². The van der Waals surface area contributed by atoms with Gasteiger partial charge in [0, 0.05) is 22.8 Å². The molecule has 0 aliphatic heterocycles. The van der Waals surface area contributed by atoms with Crippen LogP contribution < -0.4 is 14.8 Å². The van der Waals surface area contributed by atoms with E-state index in [1.807, 2.05) is 54.8 Å². The lowest BCUT2D eigenvalue weighted by Crippen LogP contribution is -1.92. The third kappa shape index (κ3) is 4.27. The van der Waals surface area contributed by atoms with Crippen molar-refractivity contribution in [1.29, 1.82) is 5.26 Å². The van der Waals surface area contributed by atoms with Gasteiger partial charge in [0.1, 0.15) is 16.6 Å². The highest BCUT2D eigenvalue weighted by Gasteiger charge is 2.11. The van der Waals surface area contributed by atoms with Crippen LogP contribution in [0.1, 0.15) is 10.6 Å². The number of anilines is 1. The van der Waals surface area contributed by atoms with Crippen LogP contribution >= 0.6 is 11.3 Å². The molecule has 1 N–H and O–H groups in total. The number of benzene rings is 2. The molecule has 0 spiro atoms. The van der Waals surface area contributed by atoms with Crippen LogP contribution in [0.5, 0.6) is 11.5 Å². The molecule has 3 aromatic rings. The summed E-state index contributed by atoms with van der Waals surface area (Å²) in [7, 11) is 3.20. The van der Waals surface area contributed by atoms with Crippen molar-refractivity contribution in [2.24, 2.45) is 0 Å². The number of nitrogens with zero attached hydrogens (tertiary/aromatic N) is 2. The van der Waals surface area contributed by atoms with E-state index in [-0.39, 0.29) is 0 Å². The van der Waals surface area contributed by atoms with E-state index in [0.29, 0.717) is 22.1 Å². The van der Waals surface area contributed by atoms with E-state index in [4.69, 9.17) is 9.47 Å². The average Bonchev–Trinajstić information content (AvgIpc) is 3.18. The summed E-state index contributed by atoms with van der Waals surface area (Å²) in [6, 6.07) is 15.8. The number of rotatable bonds is 6. The second-order valence-corrected chi connectivity index (χ2v) is 6.65. The van der Waals surface area contributed by atoms with E-state index in [1.54, 1.807) is 20.4 Å². The number of thiazole rings is 1. The molecule has 2 aromatic carbocycles. The van der Waals surface area contributed by atoms with Gasteiger partial charge >= 0.3 is 0 Å². The Labute approximate surface area is 162 Å². The maximum atomic E-state index is 9.51. The van der Waals surface area contributed by atoms with Gasteiger partial charge < -0.3 is 14.8 Å². The standard InChI is InChI=1S/C21H19N3O2S/c1-14-5-4-6-17(9-14)23-12-16(11-22)21-24-18(13-27-21)15-7-8-19(25-2)20(10-15)26-3/h4-10,12-13,23H,1-3H3/b16-12-. The van der Waals surface area contributed by atoms with E-state index < -0.39 is 0 Å². The first-order valence-corrected chi connectivity index (χ1v) is 9.14. The molecule has 0 amide bonds. The molecule has 0 saturated carbocycles. The summed E-state index contributed by atoms with van der Waals surface area (Å²) in [5.41, 5.74) is 4.25. The van der Waals surface area contributed by atoms with Crippen LogP contribution in [0, 0.1) is 18.3 Å². The SMILES string of the molecule is COc1ccc(-c2csc(/C(C#N)=C\Nc3cccc(C)c3)n2)cc1OC. The normalized spacial score (nSPS) is 11.0. The highest BCUT2D eigenvalue weighted by molar-refractivity contribution is 7.11. The molecule has 0 radical (unpaired) electrons. The number of ether oxygens (including phenoxy) is 2. The van der Waals surface area contributed by atoms with Crippen molar-refractivity contribution < 1.29 is 9.47 Å². The Balaban J connectivity index is 1.85. The smallest absolute Gasteiger partial charge is 0.161 e. The fourth-order valence-electron chi connectivity index (χ4n) is 2.56. The van der Waals surface area contributed by atoms with Crippen LogP contribution in [-0.2, 0) is 0 Å². The summed E-state index contributed by atoms with van der Waals surface area (Å²) in [5, 5.41) is 15.3. The van der Waals surface area contributed by atoms with Gasteiger partial charge in [0.2, 0.25) is 0 Å². The van der Waals surface area contributed by atoms with Gasteiger partial charge in [-0.05, 0) is 42.8 Å². The predicted octanol–water partition coefficient (Wildman–Crippen LogP) is 5.11.